The fraction of sp³-hybridized carbons (Fsp3) is 0.474. The van der Waals surface area contributed by atoms with Gasteiger partial charge in [-0.1, -0.05) is 30.4 Å². The van der Waals surface area contributed by atoms with Gasteiger partial charge in [0.15, 0.2) is 0 Å². The zero-order valence-electron chi connectivity index (χ0n) is 12.5. The minimum Gasteiger partial charge on any atom is -0.487 e. The molecule has 0 amide bonds. The van der Waals surface area contributed by atoms with Gasteiger partial charge in [0, 0.05) is 17.9 Å². The zero-order chi connectivity index (χ0) is 14.9. The maximum Gasteiger partial charge on any atom is 0.123 e. The van der Waals surface area contributed by atoms with Crippen molar-refractivity contribution in [1.29, 1.82) is 0 Å². The van der Waals surface area contributed by atoms with E-state index in [1.165, 1.54) is 5.56 Å². The average Bonchev–Trinajstić information content (AvgIpc) is 2.95. The molecule has 3 rings (SSSR count). The van der Waals surface area contributed by atoms with Gasteiger partial charge in [0.2, 0.25) is 0 Å². The lowest BCUT2D eigenvalue weighted by Gasteiger charge is -2.25. The normalized spacial score (nSPS) is 31.5. The Morgan fingerprint density at radius 1 is 1.52 bits per heavy atom. The van der Waals surface area contributed by atoms with E-state index in [9.17, 15) is 5.11 Å². The molecular weight excluding hydrogens is 260 g/mol. The molecule has 1 saturated carbocycles. The Hall–Kier alpha value is -1.72. The van der Waals surface area contributed by atoms with Gasteiger partial charge in [-0.05, 0) is 38.2 Å². The monoisotopic (exact) mass is 282 g/mol. The van der Waals surface area contributed by atoms with E-state index in [1.54, 1.807) is 0 Å². The summed E-state index contributed by atoms with van der Waals surface area (Å²) in [5, 5.41) is 9.93. The van der Waals surface area contributed by atoms with Crippen LogP contribution in [0, 0.1) is 18.3 Å². The van der Waals surface area contributed by atoms with Crippen molar-refractivity contribution >= 4 is 0 Å². The molecule has 21 heavy (non-hydrogen) atoms. The third-order valence-corrected chi connectivity index (χ3v) is 4.82. The van der Waals surface area contributed by atoms with Crippen molar-refractivity contribution in [2.75, 3.05) is 0 Å². The molecule has 0 radical (unpaired) electrons. The molecule has 2 nitrogen and oxygen atoms in total. The van der Waals surface area contributed by atoms with Gasteiger partial charge < -0.3 is 9.84 Å². The summed E-state index contributed by atoms with van der Waals surface area (Å²) < 4.78 is 6.20. The number of terminal acetylenes is 1. The number of benzene rings is 1. The number of hydrogen-bond acceptors (Lipinski definition) is 2. The van der Waals surface area contributed by atoms with Crippen molar-refractivity contribution in [3.05, 3.63) is 42.0 Å². The summed E-state index contributed by atoms with van der Waals surface area (Å²) >= 11 is 0. The number of fused-ring (bicyclic) bond motifs is 3. The molecule has 1 N–H and O–H groups in total. The highest BCUT2D eigenvalue weighted by molar-refractivity contribution is 5.45. The first-order valence-corrected chi connectivity index (χ1v) is 7.72. The Kier molecular flexibility index (Phi) is 3.78. The van der Waals surface area contributed by atoms with Crippen LogP contribution >= 0.6 is 0 Å². The van der Waals surface area contributed by atoms with Crippen LogP contribution in [0.5, 0.6) is 5.75 Å². The quantitative estimate of drug-likeness (QED) is 0.674. The maximum atomic E-state index is 9.93. The Balaban J connectivity index is 1.77. The molecule has 4 unspecified atom stereocenters. The SMILES string of the molecule is C#CCCC(O)/C=C/C1CCC2(C)Oc3ccccc3C12. The molecule has 0 saturated heterocycles. The Morgan fingerprint density at radius 2 is 2.33 bits per heavy atom. The van der Waals surface area contributed by atoms with Crippen molar-refractivity contribution < 1.29 is 9.84 Å². The third-order valence-electron chi connectivity index (χ3n) is 4.82. The number of rotatable bonds is 4. The minimum absolute atomic E-state index is 0.0948. The Morgan fingerprint density at radius 3 is 3.14 bits per heavy atom. The number of aliphatic hydroxyl groups is 1. The second-order valence-electron chi connectivity index (χ2n) is 6.33. The van der Waals surface area contributed by atoms with Crippen LogP contribution in [0.3, 0.4) is 0 Å². The third kappa shape index (κ3) is 2.59. The van der Waals surface area contributed by atoms with Crippen LogP contribution in [0.25, 0.3) is 0 Å². The highest BCUT2D eigenvalue weighted by Gasteiger charge is 2.52. The Labute approximate surface area is 126 Å². The highest BCUT2D eigenvalue weighted by Crippen LogP contribution is 2.56. The van der Waals surface area contributed by atoms with E-state index in [0.29, 0.717) is 24.7 Å². The predicted molar refractivity (Wildman–Crippen MR) is 84.2 cm³/mol. The van der Waals surface area contributed by atoms with E-state index in [-0.39, 0.29) is 5.60 Å². The van der Waals surface area contributed by atoms with Crippen molar-refractivity contribution in [3.8, 4) is 18.1 Å². The summed E-state index contributed by atoms with van der Waals surface area (Å²) in [6, 6.07) is 8.33. The molecule has 1 aliphatic carbocycles. The van der Waals surface area contributed by atoms with Gasteiger partial charge >= 0.3 is 0 Å². The lowest BCUT2D eigenvalue weighted by atomic mass is 9.83. The van der Waals surface area contributed by atoms with E-state index in [2.05, 4.69) is 37.1 Å². The fourth-order valence-electron chi connectivity index (χ4n) is 3.79. The van der Waals surface area contributed by atoms with Crippen LogP contribution in [0.2, 0.25) is 0 Å². The van der Waals surface area contributed by atoms with Crippen molar-refractivity contribution in [3.63, 3.8) is 0 Å². The first kappa shape index (κ1) is 14.2. The van der Waals surface area contributed by atoms with E-state index in [0.717, 1.165) is 18.6 Å². The van der Waals surface area contributed by atoms with Gasteiger partial charge in [-0.25, -0.2) is 0 Å². The topological polar surface area (TPSA) is 29.5 Å². The molecule has 1 heterocycles. The summed E-state index contributed by atoms with van der Waals surface area (Å²) in [6.45, 7) is 2.21. The van der Waals surface area contributed by atoms with Crippen molar-refractivity contribution in [1.82, 2.24) is 0 Å². The molecule has 1 aromatic rings. The molecule has 2 heteroatoms. The summed E-state index contributed by atoms with van der Waals surface area (Å²) in [5.41, 5.74) is 1.22. The standard InChI is InChI=1S/C19H22O2/c1-3-4-7-15(20)11-10-14-12-13-19(2)18(14)16-8-5-6-9-17(16)21-19/h1,5-6,8-11,14-15,18,20H,4,7,12-13H2,2H3/b11-10+. The lowest BCUT2D eigenvalue weighted by Crippen LogP contribution is -2.30. The van der Waals surface area contributed by atoms with Crippen LogP contribution in [0.4, 0.5) is 0 Å². The zero-order valence-corrected chi connectivity index (χ0v) is 12.5. The van der Waals surface area contributed by atoms with Gasteiger partial charge in [-0.2, -0.15) is 0 Å². The minimum atomic E-state index is -0.439. The summed E-state index contributed by atoms with van der Waals surface area (Å²) in [7, 11) is 0. The number of ether oxygens (including phenoxy) is 1. The average molecular weight is 282 g/mol. The van der Waals surface area contributed by atoms with Gasteiger partial charge in [0.05, 0.1) is 6.10 Å². The van der Waals surface area contributed by atoms with Crippen LogP contribution in [-0.2, 0) is 0 Å². The summed E-state index contributed by atoms with van der Waals surface area (Å²) in [6.07, 6.45) is 12.3. The van der Waals surface area contributed by atoms with Gasteiger partial charge in [0.25, 0.3) is 0 Å². The number of hydrogen-bond donors (Lipinski definition) is 1. The highest BCUT2D eigenvalue weighted by atomic mass is 16.5. The second-order valence-corrected chi connectivity index (χ2v) is 6.33. The van der Waals surface area contributed by atoms with Gasteiger partial charge in [-0.15, -0.1) is 12.3 Å². The Bertz CT molecular complexity index is 583. The van der Waals surface area contributed by atoms with E-state index < -0.39 is 6.10 Å². The summed E-state index contributed by atoms with van der Waals surface area (Å²) in [4.78, 5) is 0. The number of para-hydroxylation sites is 1. The smallest absolute Gasteiger partial charge is 0.123 e. The van der Waals surface area contributed by atoms with Gasteiger partial charge in [0.1, 0.15) is 11.4 Å². The van der Waals surface area contributed by atoms with Crippen LogP contribution in [0.15, 0.2) is 36.4 Å². The molecule has 0 bridgehead atoms. The second kappa shape index (κ2) is 5.58. The molecular formula is C19H22O2. The molecule has 0 spiro atoms. The van der Waals surface area contributed by atoms with Crippen molar-refractivity contribution in [2.45, 2.75) is 50.2 Å². The predicted octanol–water partition coefficient (Wildman–Crippen LogP) is 3.66. The molecule has 1 aromatic carbocycles. The first-order valence-electron chi connectivity index (χ1n) is 7.72. The van der Waals surface area contributed by atoms with E-state index in [1.807, 2.05) is 12.1 Å². The first-order chi connectivity index (χ1) is 10.1. The summed E-state index contributed by atoms with van der Waals surface area (Å²) in [5.74, 6) is 4.42. The lowest BCUT2D eigenvalue weighted by molar-refractivity contribution is 0.104. The maximum absolute atomic E-state index is 9.93. The van der Waals surface area contributed by atoms with Gasteiger partial charge in [-0.3, -0.25) is 0 Å². The number of aliphatic hydroxyl groups excluding tert-OH is 1. The van der Waals surface area contributed by atoms with Crippen LogP contribution in [0.1, 0.15) is 44.1 Å². The largest absolute Gasteiger partial charge is 0.487 e. The van der Waals surface area contributed by atoms with Crippen molar-refractivity contribution in [2.24, 2.45) is 5.92 Å². The molecule has 1 aliphatic heterocycles. The molecule has 110 valence electrons. The van der Waals surface area contributed by atoms with Crippen LogP contribution < -0.4 is 4.74 Å². The fourth-order valence-corrected chi connectivity index (χ4v) is 3.79. The van der Waals surface area contributed by atoms with Crippen LogP contribution in [-0.4, -0.2) is 16.8 Å². The molecule has 4 atom stereocenters. The van der Waals surface area contributed by atoms with E-state index in [4.69, 9.17) is 11.2 Å². The van der Waals surface area contributed by atoms with E-state index >= 15 is 0 Å². The molecule has 0 aromatic heterocycles. The molecule has 2 aliphatic rings. The number of allylic oxidation sites excluding steroid dienone is 1. The molecule has 1 fully saturated rings.